The molecule has 6 heteroatoms. The zero-order valence-corrected chi connectivity index (χ0v) is 11.1. The second-order valence-corrected chi connectivity index (χ2v) is 4.51. The van der Waals surface area contributed by atoms with Crippen LogP contribution in [0.2, 0.25) is 0 Å². The molecule has 1 N–H and O–H groups in total. The Morgan fingerprint density at radius 3 is 2.83 bits per heavy atom. The minimum atomic E-state index is -0.431. The van der Waals surface area contributed by atoms with E-state index in [9.17, 15) is 9.18 Å². The lowest BCUT2D eigenvalue weighted by Crippen LogP contribution is -2.10. The molecule has 1 aromatic heterocycles. The molecule has 0 saturated carbocycles. The van der Waals surface area contributed by atoms with Crippen molar-refractivity contribution in [2.75, 3.05) is 0 Å². The smallest absolute Gasteiger partial charge is 0.254 e. The molecule has 94 valence electrons. The highest BCUT2D eigenvalue weighted by molar-refractivity contribution is 9.10. The summed E-state index contributed by atoms with van der Waals surface area (Å²) in [6.07, 6.45) is 0.583. The quantitative estimate of drug-likeness (QED) is 0.947. The van der Waals surface area contributed by atoms with Gasteiger partial charge in [0.15, 0.2) is 0 Å². The molecule has 0 fully saturated rings. The number of rotatable bonds is 3. The van der Waals surface area contributed by atoms with Crippen LogP contribution in [0.4, 0.5) is 4.39 Å². The SMILES string of the molecule is CCc1nc(Oc2cc(F)cc(Br)c2)cc(=O)[nH]1. The lowest BCUT2D eigenvalue weighted by Gasteiger charge is -2.06. The summed E-state index contributed by atoms with van der Waals surface area (Å²) < 4.78 is 19.1. The molecule has 0 spiro atoms. The molecule has 0 aliphatic rings. The highest BCUT2D eigenvalue weighted by Gasteiger charge is 2.05. The minimum Gasteiger partial charge on any atom is -0.439 e. The van der Waals surface area contributed by atoms with Crippen molar-refractivity contribution in [1.29, 1.82) is 0 Å². The Kier molecular flexibility index (Phi) is 3.76. The van der Waals surface area contributed by atoms with Gasteiger partial charge in [0.05, 0.1) is 6.07 Å². The molecule has 0 amide bonds. The van der Waals surface area contributed by atoms with Gasteiger partial charge in [0.25, 0.3) is 5.56 Å². The topological polar surface area (TPSA) is 55.0 Å². The number of nitrogens with one attached hydrogen (secondary N) is 1. The lowest BCUT2D eigenvalue weighted by atomic mass is 10.3. The Labute approximate surface area is 111 Å². The van der Waals surface area contributed by atoms with Crippen LogP contribution < -0.4 is 10.3 Å². The number of hydrogen-bond acceptors (Lipinski definition) is 3. The fourth-order valence-corrected chi connectivity index (χ4v) is 1.86. The van der Waals surface area contributed by atoms with Crippen molar-refractivity contribution in [2.24, 2.45) is 0 Å². The molecule has 0 bridgehead atoms. The van der Waals surface area contributed by atoms with Gasteiger partial charge >= 0.3 is 0 Å². The van der Waals surface area contributed by atoms with Crippen molar-refractivity contribution < 1.29 is 9.13 Å². The van der Waals surface area contributed by atoms with Crippen LogP contribution in [0.3, 0.4) is 0 Å². The first-order valence-electron chi connectivity index (χ1n) is 5.31. The highest BCUT2D eigenvalue weighted by Crippen LogP contribution is 2.24. The molecule has 1 aromatic carbocycles. The molecule has 18 heavy (non-hydrogen) atoms. The van der Waals surface area contributed by atoms with Gasteiger partial charge < -0.3 is 9.72 Å². The van der Waals surface area contributed by atoms with Crippen LogP contribution in [0.15, 0.2) is 33.5 Å². The zero-order chi connectivity index (χ0) is 13.1. The van der Waals surface area contributed by atoms with E-state index in [4.69, 9.17) is 4.74 Å². The van der Waals surface area contributed by atoms with Crippen LogP contribution in [0.1, 0.15) is 12.7 Å². The Balaban J connectivity index is 2.33. The van der Waals surface area contributed by atoms with Crippen LogP contribution in [-0.2, 0) is 6.42 Å². The Hall–Kier alpha value is -1.69. The van der Waals surface area contributed by atoms with E-state index < -0.39 is 5.82 Å². The monoisotopic (exact) mass is 312 g/mol. The van der Waals surface area contributed by atoms with Gasteiger partial charge in [-0.05, 0) is 12.1 Å². The number of aryl methyl sites for hydroxylation is 1. The zero-order valence-electron chi connectivity index (χ0n) is 9.54. The fourth-order valence-electron chi connectivity index (χ4n) is 1.41. The Bertz CT molecular complexity index is 607. The van der Waals surface area contributed by atoms with Crippen molar-refractivity contribution >= 4 is 15.9 Å². The van der Waals surface area contributed by atoms with Crippen LogP contribution in [0, 0.1) is 5.82 Å². The molecular weight excluding hydrogens is 303 g/mol. The summed E-state index contributed by atoms with van der Waals surface area (Å²) in [5.74, 6) is 0.517. The molecule has 2 rings (SSSR count). The summed E-state index contributed by atoms with van der Waals surface area (Å²) in [6.45, 7) is 1.86. The van der Waals surface area contributed by atoms with Crippen molar-refractivity contribution in [1.82, 2.24) is 9.97 Å². The summed E-state index contributed by atoms with van der Waals surface area (Å²) >= 11 is 3.16. The highest BCUT2D eigenvalue weighted by atomic mass is 79.9. The molecule has 0 unspecified atom stereocenters. The molecule has 1 heterocycles. The molecule has 2 aromatic rings. The summed E-state index contributed by atoms with van der Waals surface area (Å²) in [4.78, 5) is 18.0. The number of aromatic nitrogens is 2. The van der Waals surface area contributed by atoms with E-state index in [-0.39, 0.29) is 17.2 Å². The van der Waals surface area contributed by atoms with Gasteiger partial charge in [-0.25, -0.2) is 4.39 Å². The number of benzene rings is 1. The maximum absolute atomic E-state index is 13.2. The van der Waals surface area contributed by atoms with Gasteiger partial charge in [-0.1, -0.05) is 22.9 Å². The maximum Gasteiger partial charge on any atom is 0.254 e. The number of hydrogen-bond donors (Lipinski definition) is 1. The van der Waals surface area contributed by atoms with Crippen LogP contribution in [-0.4, -0.2) is 9.97 Å². The van der Waals surface area contributed by atoms with Crippen molar-refractivity contribution in [3.63, 3.8) is 0 Å². The summed E-state index contributed by atoms with van der Waals surface area (Å²) in [5, 5.41) is 0. The van der Waals surface area contributed by atoms with Crippen LogP contribution in [0.25, 0.3) is 0 Å². The van der Waals surface area contributed by atoms with Gasteiger partial charge in [0.1, 0.15) is 17.4 Å². The van der Waals surface area contributed by atoms with Gasteiger partial charge in [0.2, 0.25) is 5.88 Å². The average Bonchev–Trinajstić information content (AvgIpc) is 2.26. The molecule has 0 aliphatic carbocycles. The van der Waals surface area contributed by atoms with Gasteiger partial charge in [-0.15, -0.1) is 0 Å². The van der Waals surface area contributed by atoms with E-state index in [1.165, 1.54) is 18.2 Å². The van der Waals surface area contributed by atoms with Crippen LogP contribution in [0.5, 0.6) is 11.6 Å². The fraction of sp³-hybridized carbons (Fsp3) is 0.167. The third-order valence-corrected chi connectivity index (χ3v) is 2.62. The Morgan fingerprint density at radius 2 is 2.17 bits per heavy atom. The summed E-state index contributed by atoms with van der Waals surface area (Å²) in [6, 6.07) is 5.35. The molecule has 0 radical (unpaired) electrons. The van der Waals surface area contributed by atoms with Crippen molar-refractivity contribution in [2.45, 2.75) is 13.3 Å². The predicted molar refractivity (Wildman–Crippen MR) is 68.4 cm³/mol. The number of halogens is 2. The summed E-state index contributed by atoms with van der Waals surface area (Å²) in [5.41, 5.74) is -0.299. The van der Waals surface area contributed by atoms with Gasteiger partial charge in [0, 0.05) is 17.0 Å². The van der Waals surface area contributed by atoms with Crippen molar-refractivity contribution in [3.05, 3.63) is 50.7 Å². The summed E-state index contributed by atoms with van der Waals surface area (Å²) in [7, 11) is 0. The molecular formula is C12H10BrFN2O2. The lowest BCUT2D eigenvalue weighted by molar-refractivity contribution is 0.453. The van der Waals surface area contributed by atoms with E-state index >= 15 is 0 Å². The second kappa shape index (κ2) is 5.30. The minimum absolute atomic E-state index is 0.146. The number of ether oxygens (including phenoxy) is 1. The first-order valence-corrected chi connectivity index (χ1v) is 6.10. The predicted octanol–water partition coefficient (Wildman–Crippen LogP) is 3.03. The molecule has 0 saturated heterocycles. The second-order valence-electron chi connectivity index (χ2n) is 3.59. The molecule has 0 aliphatic heterocycles. The van der Waals surface area contributed by atoms with E-state index in [0.29, 0.717) is 16.7 Å². The van der Waals surface area contributed by atoms with Gasteiger partial charge in [-0.2, -0.15) is 4.98 Å². The van der Waals surface area contributed by atoms with E-state index in [0.717, 1.165) is 0 Å². The molecule has 0 atom stereocenters. The van der Waals surface area contributed by atoms with Crippen LogP contribution >= 0.6 is 15.9 Å². The normalized spacial score (nSPS) is 10.4. The first kappa shape index (κ1) is 12.8. The Morgan fingerprint density at radius 1 is 1.39 bits per heavy atom. The third kappa shape index (κ3) is 3.16. The standard InChI is InChI=1S/C12H10BrFN2O2/c1-2-10-15-11(17)6-12(16-10)18-9-4-7(13)3-8(14)5-9/h3-6H,2H2,1H3,(H,15,16,17). The average molecular weight is 313 g/mol. The van der Waals surface area contributed by atoms with E-state index in [1.54, 1.807) is 6.07 Å². The third-order valence-electron chi connectivity index (χ3n) is 2.16. The maximum atomic E-state index is 13.2. The number of H-pyrrole nitrogens is 1. The number of nitrogens with zero attached hydrogens (tertiary/aromatic N) is 1. The number of aromatic amines is 1. The van der Waals surface area contributed by atoms with Gasteiger partial charge in [-0.3, -0.25) is 4.79 Å². The van der Waals surface area contributed by atoms with E-state index in [2.05, 4.69) is 25.9 Å². The van der Waals surface area contributed by atoms with E-state index in [1.807, 2.05) is 6.92 Å². The molecule has 4 nitrogen and oxygen atoms in total. The van der Waals surface area contributed by atoms with Crippen molar-refractivity contribution in [3.8, 4) is 11.6 Å². The first-order chi connectivity index (χ1) is 8.56. The largest absolute Gasteiger partial charge is 0.439 e.